The number of imide groups is 1. The summed E-state index contributed by atoms with van der Waals surface area (Å²) in [6.45, 7) is 9.33. The molecule has 9 heteroatoms. The quantitative estimate of drug-likeness (QED) is 0.322. The number of ether oxygens (including phenoxy) is 3. The van der Waals surface area contributed by atoms with Gasteiger partial charge in [-0.15, -0.1) is 0 Å². The van der Waals surface area contributed by atoms with Gasteiger partial charge >= 0.3 is 5.97 Å². The van der Waals surface area contributed by atoms with Crippen molar-refractivity contribution < 1.29 is 28.6 Å². The maximum absolute atomic E-state index is 12.7. The molecule has 0 bridgehead atoms. The van der Waals surface area contributed by atoms with Crippen molar-refractivity contribution in [1.29, 1.82) is 0 Å². The molecule has 0 saturated carbocycles. The third kappa shape index (κ3) is 5.33. The summed E-state index contributed by atoms with van der Waals surface area (Å²) in [6, 6.07) is 2.26. The monoisotopic (exact) mass is 439 g/mol. The molecule has 1 heterocycles. The largest absolute Gasteiger partial charge is 0.490 e. The van der Waals surface area contributed by atoms with E-state index in [-0.39, 0.29) is 18.1 Å². The minimum atomic E-state index is -1.01. The first-order valence-electron chi connectivity index (χ1n) is 8.97. The minimum Gasteiger partial charge on any atom is -0.490 e. The van der Waals surface area contributed by atoms with Gasteiger partial charge in [-0.05, 0) is 56.3 Å². The first-order valence-corrected chi connectivity index (χ1v) is 10.2. The van der Waals surface area contributed by atoms with Crippen LogP contribution in [-0.2, 0) is 14.3 Å². The molecule has 7 nitrogen and oxygen atoms in total. The van der Waals surface area contributed by atoms with Crippen LogP contribution in [0, 0.1) is 0 Å². The van der Waals surface area contributed by atoms with E-state index < -0.39 is 23.2 Å². The number of hydrogen-bond acceptors (Lipinski definition) is 7. The van der Waals surface area contributed by atoms with E-state index in [4.69, 9.17) is 25.8 Å². The average Bonchev–Trinajstić information content (AvgIpc) is 2.94. The molecule has 1 saturated heterocycles. The summed E-state index contributed by atoms with van der Waals surface area (Å²) in [5.74, 6) is -0.426. The zero-order chi connectivity index (χ0) is 21.6. The van der Waals surface area contributed by atoms with Gasteiger partial charge in [0.05, 0.1) is 23.1 Å². The Hall–Kier alpha value is -2.45. The van der Waals surface area contributed by atoms with Crippen molar-refractivity contribution in [2.45, 2.75) is 26.8 Å². The number of rotatable bonds is 9. The van der Waals surface area contributed by atoms with Crippen LogP contribution in [0.3, 0.4) is 0 Å². The Morgan fingerprint density at radius 2 is 2.00 bits per heavy atom. The molecule has 0 unspecified atom stereocenters. The molecule has 2 rings (SSSR count). The smallest absolute Gasteiger partial charge is 0.329 e. The van der Waals surface area contributed by atoms with Crippen molar-refractivity contribution in [2.24, 2.45) is 0 Å². The maximum Gasteiger partial charge on any atom is 0.329 e. The van der Waals surface area contributed by atoms with Crippen LogP contribution in [0.4, 0.5) is 4.79 Å². The van der Waals surface area contributed by atoms with Gasteiger partial charge < -0.3 is 14.2 Å². The highest BCUT2D eigenvalue weighted by atomic mass is 35.5. The Labute approximate surface area is 178 Å². The molecule has 1 aliphatic heterocycles. The SMILES string of the molecule is C=CCOc1c(Cl)cc(/C=C2\SC(=O)N([C@@H](C)C(=O)OCC)C2=O)cc1OCC. The maximum atomic E-state index is 12.7. The Bertz CT molecular complexity index is 854. The van der Waals surface area contributed by atoms with Gasteiger partial charge in [0.1, 0.15) is 12.6 Å². The van der Waals surface area contributed by atoms with E-state index >= 15 is 0 Å². The fourth-order valence-corrected chi connectivity index (χ4v) is 3.73. The summed E-state index contributed by atoms with van der Waals surface area (Å²) in [7, 11) is 0. The van der Waals surface area contributed by atoms with Crippen molar-refractivity contribution in [3.8, 4) is 11.5 Å². The predicted octanol–water partition coefficient (Wildman–Crippen LogP) is 4.29. The third-order valence-corrected chi connectivity index (χ3v) is 4.98. The second-order valence-corrected chi connectivity index (χ2v) is 7.24. The summed E-state index contributed by atoms with van der Waals surface area (Å²) < 4.78 is 16.0. The Morgan fingerprint density at radius 1 is 1.28 bits per heavy atom. The van der Waals surface area contributed by atoms with E-state index in [2.05, 4.69) is 6.58 Å². The van der Waals surface area contributed by atoms with E-state index in [1.807, 2.05) is 6.92 Å². The molecule has 1 aromatic carbocycles. The van der Waals surface area contributed by atoms with Crippen molar-refractivity contribution in [3.05, 3.63) is 40.3 Å². The highest BCUT2D eigenvalue weighted by Gasteiger charge is 2.41. The van der Waals surface area contributed by atoms with Gasteiger partial charge in [-0.3, -0.25) is 14.5 Å². The summed E-state index contributed by atoms with van der Waals surface area (Å²) in [5, 5.41) is -0.243. The number of esters is 1. The van der Waals surface area contributed by atoms with E-state index in [1.165, 1.54) is 13.0 Å². The van der Waals surface area contributed by atoms with Crippen molar-refractivity contribution in [1.82, 2.24) is 4.90 Å². The molecule has 2 amide bonds. The number of carbonyl (C=O) groups excluding carboxylic acids is 3. The van der Waals surface area contributed by atoms with Crippen molar-refractivity contribution in [2.75, 3.05) is 19.8 Å². The Morgan fingerprint density at radius 3 is 2.62 bits per heavy atom. The molecule has 0 N–H and O–H groups in total. The highest BCUT2D eigenvalue weighted by Crippen LogP contribution is 2.39. The predicted molar refractivity (Wildman–Crippen MR) is 112 cm³/mol. The Balaban J connectivity index is 2.34. The lowest BCUT2D eigenvalue weighted by atomic mass is 10.1. The van der Waals surface area contributed by atoms with Crippen LogP contribution in [0.15, 0.2) is 29.7 Å². The molecule has 1 aromatic rings. The number of benzene rings is 1. The van der Waals surface area contributed by atoms with Gasteiger partial charge in [0, 0.05) is 0 Å². The molecule has 156 valence electrons. The minimum absolute atomic E-state index is 0.161. The molecular formula is C20H22ClNO6S. The normalized spacial score (nSPS) is 16.1. The number of nitrogens with zero attached hydrogens (tertiary/aromatic N) is 1. The first kappa shape index (κ1) is 22.8. The second-order valence-electron chi connectivity index (χ2n) is 5.84. The van der Waals surface area contributed by atoms with Crippen LogP contribution in [0.5, 0.6) is 11.5 Å². The van der Waals surface area contributed by atoms with E-state index in [0.717, 1.165) is 16.7 Å². The molecule has 0 spiro atoms. The van der Waals surface area contributed by atoms with Gasteiger partial charge in [0.15, 0.2) is 11.5 Å². The van der Waals surface area contributed by atoms with Gasteiger partial charge in [-0.2, -0.15) is 0 Å². The molecular weight excluding hydrogens is 418 g/mol. The lowest BCUT2D eigenvalue weighted by Gasteiger charge is -2.19. The highest BCUT2D eigenvalue weighted by molar-refractivity contribution is 8.18. The summed E-state index contributed by atoms with van der Waals surface area (Å²) in [5.41, 5.74) is 0.554. The molecule has 1 aliphatic rings. The van der Waals surface area contributed by atoms with Crippen LogP contribution >= 0.6 is 23.4 Å². The van der Waals surface area contributed by atoms with Gasteiger partial charge in [-0.1, -0.05) is 24.3 Å². The van der Waals surface area contributed by atoms with Crippen LogP contribution in [0.1, 0.15) is 26.3 Å². The van der Waals surface area contributed by atoms with Gasteiger partial charge in [0.2, 0.25) is 0 Å². The molecule has 1 atom stereocenters. The molecule has 0 aliphatic carbocycles. The second kappa shape index (κ2) is 10.4. The summed E-state index contributed by atoms with van der Waals surface area (Å²) in [6.07, 6.45) is 3.11. The summed E-state index contributed by atoms with van der Waals surface area (Å²) in [4.78, 5) is 37.9. The molecule has 0 radical (unpaired) electrons. The van der Waals surface area contributed by atoms with E-state index in [0.29, 0.717) is 28.7 Å². The van der Waals surface area contributed by atoms with E-state index in [9.17, 15) is 14.4 Å². The molecule has 29 heavy (non-hydrogen) atoms. The van der Waals surface area contributed by atoms with Crippen LogP contribution in [-0.4, -0.2) is 47.9 Å². The van der Waals surface area contributed by atoms with Crippen molar-refractivity contribution in [3.63, 3.8) is 0 Å². The number of carbonyl (C=O) groups is 3. The lowest BCUT2D eigenvalue weighted by Crippen LogP contribution is -2.42. The number of halogens is 1. The molecule has 0 aromatic heterocycles. The zero-order valence-corrected chi connectivity index (χ0v) is 18.0. The number of amides is 2. The summed E-state index contributed by atoms with van der Waals surface area (Å²) >= 11 is 7.06. The van der Waals surface area contributed by atoms with Gasteiger partial charge in [-0.25, -0.2) is 4.79 Å². The first-order chi connectivity index (χ1) is 13.8. The zero-order valence-electron chi connectivity index (χ0n) is 16.4. The molecule has 1 fully saturated rings. The van der Waals surface area contributed by atoms with Crippen LogP contribution < -0.4 is 9.47 Å². The van der Waals surface area contributed by atoms with Crippen LogP contribution in [0.25, 0.3) is 6.08 Å². The fourth-order valence-electron chi connectivity index (χ4n) is 2.55. The lowest BCUT2D eigenvalue weighted by molar-refractivity contribution is -0.150. The Kier molecular flexibility index (Phi) is 8.16. The average molecular weight is 440 g/mol. The standard InChI is InChI=1S/C20H22ClNO6S/c1-5-8-28-17-14(21)9-13(10-15(17)26-6-2)11-16-18(23)22(20(25)29-16)12(4)19(24)27-7-3/h5,9-12H,1,6-8H2,2-4H3/b16-11-/t12-/m0/s1. The number of thioether (sulfide) groups is 1. The number of hydrogen-bond donors (Lipinski definition) is 0. The fraction of sp³-hybridized carbons (Fsp3) is 0.350. The van der Waals surface area contributed by atoms with E-state index in [1.54, 1.807) is 25.1 Å². The topological polar surface area (TPSA) is 82.1 Å². The third-order valence-electron chi connectivity index (χ3n) is 3.81. The van der Waals surface area contributed by atoms with Crippen molar-refractivity contribution >= 4 is 46.6 Å². The van der Waals surface area contributed by atoms with Crippen LogP contribution in [0.2, 0.25) is 5.02 Å². The van der Waals surface area contributed by atoms with Gasteiger partial charge in [0.25, 0.3) is 11.1 Å².